The molecule has 1 heterocycles. The minimum absolute atomic E-state index is 0.193. The third-order valence-electron chi connectivity index (χ3n) is 3.76. The van der Waals surface area contributed by atoms with Crippen molar-refractivity contribution in [3.8, 4) is 0 Å². The van der Waals surface area contributed by atoms with E-state index >= 15 is 0 Å². The van der Waals surface area contributed by atoms with Crippen molar-refractivity contribution in [2.24, 2.45) is 11.3 Å². The van der Waals surface area contributed by atoms with E-state index in [9.17, 15) is 4.39 Å². The van der Waals surface area contributed by atoms with Crippen molar-refractivity contribution in [1.29, 1.82) is 0 Å². The second-order valence-electron chi connectivity index (χ2n) is 6.50. The molecule has 0 aliphatic carbocycles. The molecular formula is C15H23BrFN3. The predicted octanol–water partition coefficient (Wildman–Crippen LogP) is 2.82. The van der Waals surface area contributed by atoms with Crippen LogP contribution in [0.4, 0.5) is 4.39 Å². The number of rotatable bonds is 4. The average Bonchev–Trinajstić information content (AvgIpc) is 2.82. The molecule has 2 atom stereocenters. The lowest BCUT2D eigenvalue weighted by molar-refractivity contribution is 0.235. The number of nitrogens with one attached hydrogen (secondary N) is 3. The molecule has 2 unspecified atom stereocenters. The zero-order valence-corrected chi connectivity index (χ0v) is 13.8. The van der Waals surface area contributed by atoms with Gasteiger partial charge in [-0.15, -0.1) is 0 Å². The van der Waals surface area contributed by atoms with Crippen LogP contribution in [0.25, 0.3) is 0 Å². The molecule has 20 heavy (non-hydrogen) atoms. The first-order chi connectivity index (χ1) is 9.38. The molecule has 112 valence electrons. The summed E-state index contributed by atoms with van der Waals surface area (Å²) < 4.78 is 14.2. The minimum atomic E-state index is -0.193. The van der Waals surface area contributed by atoms with Crippen molar-refractivity contribution >= 4 is 15.9 Å². The molecule has 0 bridgehead atoms. The van der Waals surface area contributed by atoms with Gasteiger partial charge in [-0.25, -0.2) is 4.39 Å². The molecule has 1 aromatic rings. The first-order valence-corrected chi connectivity index (χ1v) is 7.80. The van der Waals surface area contributed by atoms with Crippen molar-refractivity contribution in [2.75, 3.05) is 13.1 Å². The summed E-state index contributed by atoms with van der Waals surface area (Å²) >= 11 is 3.46. The molecule has 1 aromatic carbocycles. The van der Waals surface area contributed by atoms with Crippen molar-refractivity contribution in [3.05, 3.63) is 34.1 Å². The molecular weight excluding hydrogens is 321 g/mol. The topological polar surface area (TPSA) is 36.1 Å². The number of hydrogen-bond acceptors (Lipinski definition) is 3. The maximum absolute atomic E-state index is 13.2. The summed E-state index contributed by atoms with van der Waals surface area (Å²) in [6.07, 6.45) is 0. The highest BCUT2D eigenvalue weighted by atomic mass is 79.9. The highest BCUT2D eigenvalue weighted by Gasteiger charge is 2.35. The first kappa shape index (κ1) is 15.9. The summed E-state index contributed by atoms with van der Waals surface area (Å²) in [4.78, 5) is 0. The van der Waals surface area contributed by atoms with Crippen LogP contribution in [0.15, 0.2) is 22.7 Å². The van der Waals surface area contributed by atoms with E-state index in [-0.39, 0.29) is 11.2 Å². The summed E-state index contributed by atoms with van der Waals surface area (Å²) in [5.74, 6) is 0.337. The molecule has 1 aliphatic rings. The Bertz CT molecular complexity index is 459. The van der Waals surface area contributed by atoms with Crippen LogP contribution >= 0.6 is 15.9 Å². The van der Waals surface area contributed by atoms with Crippen LogP contribution in [0.2, 0.25) is 0 Å². The lowest BCUT2D eigenvalue weighted by Gasteiger charge is -2.31. The third-order valence-corrected chi connectivity index (χ3v) is 4.53. The van der Waals surface area contributed by atoms with Gasteiger partial charge in [-0.3, -0.25) is 10.9 Å². The van der Waals surface area contributed by atoms with Gasteiger partial charge in [0.05, 0.1) is 0 Å². The Kier molecular flexibility index (Phi) is 5.18. The van der Waals surface area contributed by atoms with E-state index in [1.807, 2.05) is 0 Å². The predicted molar refractivity (Wildman–Crippen MR) is 83.7 cm³/mol. The van der Waals surface area contributed by atoms with E-state index in [2.05, 4.69) is 52.9 Å². The van der Waals surface area contributed by atoms with Gasteiger partial charge in [-0.05, 0) is 29.2 Å². The van der Waals surface area contributed by atoms with E-state index in [0.29, 0.717) is 18.5 Å². The van der Waals surface area contributed by atoms with E-state index in [1.165, 1.54) is 6.07 Å². The van der Waals surface area contributed by atoms with Crippen molar-refractivity contribution in [2.45, 2.75) is 33.4 Å². The highest BCUT2D eigenvalue weighted by molar-refractivity contribution is 9.10. The molecule has 3 nitrogen and oxygen atoms in total. The van der Waals surface area contributed by atoms with E-state index in [0.717, 1.165) is 23.1 Å². The monoisotopic (exact) mass is 343 g/mol. The summed E-state index contributed by atoms with van der Waals surface area (Å²) in [6, 6.07) is 5.23. The summed E-state index contributed by atoms with van der Waals surface area (Å²) in [5, 5.41) is 3.44. The second-order valence-corrected chi connectivity index (χ2v) is 7.35. The van der Waals surface area contributed by atoms with Gasteiger partial charge < -0.3 is 5.32 Å². The van der Waals surface area contributed by atoms with Crippen molar-refractivity contribution < 1.29 is 4.39 Å². The zero-order chi connectivity index (χ0) is 14.8. The second kappa shape index (κ2) is 6.52. The SMILES string of the molecule is CC(C)(C)C1NNCC1CNCc1cc(F)ccc1Br. The number of hydrazine groups is 1. The van der Waals surface area contributed by atoms with Crippen LogP contribution in [0.5, 0.6) is 0 Å². The van der Waals surface area contributed by atoms with Crippen molar-refractivity contribution in [1.82, 2.24) is 16.2 Å². The lowest BCUT2D eigenvalue weighted by Crippen LogP contribution is -2.44. The van der Waals surface area contributed by atoms with Gasteiger partial charge in [-0.2, -0.15) is 0 Å². The normalized spacial score (nSPS) is 23.2. The fourth-order valence-corrected chi connectivity index (χ4v) is 3.11. The Hall–Kier alpha value is -0.490. The number of halogens is 2. The molecule has 5 heteroatoms. The van der Waals surface area contributed by atoms with Gasteiger partial charge in [0.2, 0.25) is 0 Å². The van der Waals surface area contributed by atoms with Gasteiger partial charge in [0.15, 0.2) is 0 Å². The van der Waals surface area contributed by atoms with Gasteiger partial charge >= 0.3 is 0 Å². The van der Waals surface area contributed by atoms with E-state index in [1.54, 1.807) is 12.1 Å². The third kappa shape index (κ3) is 4.01. The van der Waals surface area contributed by atoms with Gasteiger partial charge in [0.1, 0.15) is 5.82 Å². The fourth-order valence-electron chi connectivity index (χ4n) is 2.72. The molecule has 0 aromatic heterocycles. The standard InChI is InChI=1S/C15H23BrFN3/c1-15(2,3)14-11(9-19-20-14)8-18-7-10-6-12(17)4-5-13(10)16/h4-6,11,14,18-20H,7-9H2,1-3H3. The molecule has 1 aliphatic heterocycles. The Labute approximate surface area is 128 Å². The Morgan fingerprint density at radius 1 is 1.40 bits per heavy atom. The van der Waals surface area contributed by atoms with Gasteiger partial charge in [-0.1, -0.05) is 36.7 Å². The summed E-state index contributed by atoms with van der Waals surface area (Å²) in [6.45, 7) is 9.27. The lowest BCUT2D eigenvalue weighted by atomic mass is 9.80. The fraction of sp³-hybridized carbons (Fsp3) is 0.600. The van der Waals surface area contributed by atoms with Gasteiger partial charge in [0, 0.05) is 36.1 Å². The van der Waals surface area contributed by atoms with Crippen molar-refractivity contribution in [3.63, 3.8) is 0 Å². The highest BCUT2D eigenvalue weighted by Crippen LogP contribution is 2.27. The molecule has 2 rings (SSSR count). The van der Waals surface area contributed by atoms with Crippen LogP contribution in [0.1, 0.15) is 26.3 Å². The quantitative estimate of drug-likeness (QED) is 0.786. The van der Waals surface area contributed by atoms with E-state index in [4.69, 9.17) is 0 Å². The maximum Gasteiger partial charge on any atom is 0.123 e. The molecule has 0 saturated carbocycles. The van der Waals surface area contributed by atoms with Crippen LogP contribution in [-0.4, -0.2) is 19.1 Å². The van der Waals surface area contributed by atoms with Crippen LogP contribution in [0.3, 0.4) is 0 Å². The number of hydrogen-bond donors (Lipinski definition) is 3. The molecule has 0 radical (unpaired) electrons. The van der Waals surface area contributed by atoms with Crippen LogP contribution < -0.4 is 16.2 Å². The smallest absolute Gasteiger partial charge is 0.123 e. The van der Waals surface area contributed by atoms with Gasteiger partial charge in [0.25, 0.3) is 0 Å². The van der Waals surface area contributed by atoms with E-state index < -0.39 is 0 Å². The molecule has 0 amide bonds. The molecule has 1 saturated heterocycles. The molecule has 3 N–H and O–H groups in total. The Morgan fingerprint density at radius 2 is 2.15 bits per heavy atom. The molecule has 0 spiro atoms. The Balaban J connectivity index is 1.88. The maximum atomic E-state index is 13.2. The summed E-state index contributed by atoms with van der Waals surface area (Å²) in [7, 11) is 0. The minimum Gasteiger partial charge on any atom is -0.312 e. The van der Waals surface area contributed by atoms with Crippen LogP contribution in [0, 0.1) is 17.2 Å². The Morgan fingerprint density at radius 3 is 2.85 bits per heavy atom. The number of benzene rings is 1. The first-order valence-electron chi connectivity index (χ1n) is 7.01. The molecule has 1 fully saturated rings. The largest absolute Gasteiger partial charge is 0.312 e. The summed E-state index contributed by atoms with van der Waals surface area (Å²) in [5.41, 5.74) is 7.77. The zero-order valence-electron chi connectivity index (χ0n) is 12.3. The average molecular weight is 344 g/mol. The van der Waals surface area contributed by atoms with Crippen LogP contribution in [-0.2, 0) is 6.54 Å².